The number of aromatic nitrogens is 4. The molecule has 2 N–H and O–H groups in total. The number of anilines is 2. The number of fused-ring (bicyclic) bond motifs is 2. The highest BCUT2D eigenvalue weighted by molar-refractivity contribution is 6.14. The first-order valence-corrected chi connectivity index (χ1v) is 10.3. The van der Waals surface area contributed by atoms with Crippen molar-refractivity contribution in [1.29, 1.82) is 0 Å². The summed E-state index contributed by atoms with van der Waals surface area (Å²) in [4.78, 5) is 15.4. The van der Waals surface area contributed by atoms with E-state index in [-0.39, 0.29) is 11.4 Å². The Kier molecular flexibility index (Phi) is 4.62. The molecule has 1 aliphatic rings. The van der Waals surface area contributed by atoms with Crippen LogP contribution in [0.3, 0.4) is 0 Å². The first kappa shape index (κ1) is 19.5. The van der Waals surface area contributed by atoms with Crippen LogP contribution >= 0.6 is 0 Å². The zero-order chi connectivity index (χ0) is 21.7. The van der Waals surface area contributed by atoms with E-state index < -0.39 is 5.82 Å². The number of nitrogens with one attached hydrogen (secondary N) is 2. The minimum atomic E-state index is -0.472. The fourth-order valence-electron chi connectivity index (χ4n) is 4.36. The highest BCUT2D eigenvalue weighted by Gasteiger charge is 2.25. The maximum absolute atomic E-state index is 14.4. The van der Waals surface area contributed by atoms with Crippen LogP contribution in [0.1, 0.15) is 16.8 Å². The van der Waals surface area contributed by atoms with E-state index >= 15 is 0 Å². The van der Waals surface area contributed by atoms with E-state index in [1.807, 2.05) is 26.4 Å². The molecule has 5 rings (SSSR count). The average Bonchev–Trinajstić information content (AvgIpc) is 3.44. The fourth-order valence-corrected chi connectivity index (χ4v) is 4.36. The number of benzene rings is 2. The molecule has 4 aromatic rings. The first-order valence-electron chi connectivity index (χ1n) is 10.3. The molecule has 9 heteroatoms. The molecule has 1 aliphatic heterocycles. The van der Waals surface area contributed by atoms with Crippen LogP contribution in [0.2, 0.25) is 0 Å². The van der Waals surface area contributed by atoms with Crippen molar-refractivity contribution in [1.82, 2.24) is 24.9 Å². The van der Waals surface area contributed by atoms with Crippen molar-refractivity contribution in [2.24, 2.45) is 14.1 Å². The number of amides is 1. The Labute approximate surface area is 178 Å². The van der Waals surface area contributed by atoms with Gasteiger partial charge < -0.3 is 15.5 Å². The third kappa shape index (κ3) is 3.40. The Morgan fingerprint density at radius 3 is 2.68 bits per heavy atom. The fraction of sp³-hybridized carbons (Fsp3) is 0.318. The van der Waals surface area contributed by atoms with Crippen molar-refractivity contribution in [3.8, 4) is 0 Å². The van der Waals surface area contributed by atoms with Gasteiger partial charge in [0, 0.05) is 67.8 Å². The monoisotopic (exact) mass is 421 g/mol. The third-order valence-electron chi connectivity index (χ3n) is 5.88. The standard InChI is InChI=1S/C22H24FN7O/c1-24-14-6-7-30(11-14)19-5-4-16(21-17(19)12-29(3)27-21)22(31)25-15-8-13-10-28(2)26-20(13)18(23)9-15/h4-5,8-10,12,14,24H,6-7,11H2,1-3H3,(H,25,31)/t14-/m1/s1. The van der Waals surface area contributed by atoms with Crippen molar-refractivity contribution < 1.29 is 9.18 Å². The number of likely N-dealkylation sites (N-methyl/N-ethyl adjacent to an activating group) is 1. The summed E-state index contributed by atoms with van der Waals surface area (Å²) in [6.45, 7) is 1.86. The topological polar surface area (TPSA) is 80.0 Å². The first-order chi connectivity index (χ1) is 14.9. The number of aryl methyl sites for hydroxylation is 2. The van der Waals surface area contributed by atoms with Gasteiger partial charge in [-0.15, -0.1) is 0 Å². The van der Waals surface area contributed by atoms with Gasteiger partial charge in [-0.3, -0.25) is 14.2 Å². The summed E-state index contributed by atoms with van der Waals surface area (Å²) < 4.78 is 17.7. The van der Waals surface area contributed by atoms with E-state index in [1.165, 1.54) is 6.07 Å². The highest BCUT2D eigenvalue weighted by atomic mass is 19.1. The summed E-state index contributed by atoms with van der Waals surface area (Å²) in [7, 11) is 5.56. The van der Waals surface area contributed by atoms with Crippen molar-refractivity contribution in [2.45, 2.75) is 12.5 Å². The number of rotatable bonds is 4. The maximum Gasteiger partial charge on any atom is 0.257 e. The molecule has 31 heavy (non-hydrogen) atoms. The zero-order valence-electron chi connectivity index (χ0n) is 17.7. The number of carbonyl (C=O) groups is 1. The smallest absolute Gasteiger partial charge is 0.257 e. The largest absolute Gasteiger partial charge is 0.369 e. The lowest BCUT2D eigenvalue weighted by atomic mass is 10.1. The van der Waals surface area contributed by atoms with Crippen LogP contribution in [0.4, 0.5) is 15.8 Å². The Bertz CT molecular complexity index is 1310. The van der Waals surface area contributed by atoms with E-state index in [2.05, 4.69) is 25.7 Å². The van der Waals surface area contributed by atoms with Crippen LogP contribution in [0.15, 0.2) is 36.7 Å². The molecular weight excluding hydrogens is 397 g/mol. The molecule has 0 bridgehead atoms. The van der Waals surface area contributed by atoms with E-state index in [0.29, 0.717) is 28.2 Å². The van der Waals surface area contributed by atoms with Gasteiger partial charge in [0.25, 0.3) is 5.91 Å². The maximum atomic E-state index is 14.4. The van der Waals surface area contributed by atoms with E-state index in [1.54, 1.807) is 34.7 Å². The predicted molar refractivity (Wildman–Crippen MR) is 119 cm³/mol. The Hall–Kier alpha value is -3.46. The van der Waals surface area contributed by atoms with Gasteiger partial charge in [-0.1, -0.05) is 0 Å². The van der Waals surface area contributed by atoms with Gasteiger partial charge in [0.05, 0.1) is 5.56 Å². The Morgan fingerprint density at radius 1 is 1.13 bits per heavy atom. The van der Waals surface area contributed by atoms with Crippen molar-refractivity contribution in [2.75, 3.05) is 30.4 Å². The Morgan fingerprint density at radius 2 is 1.90 bits per heavy atom. The molecule has 0 saturated carbocycles. The minimum Gasteiger partial charge on any atom is -0.369 e. The molecule has 3 heterocycles. The van der Waals surface area contributed by atoms with Crippen LogP contribution in [0.25, 0.3) is 21.8 Å². The van der Waals surface area contributed by atoms with Crippen LogP contribution < -0.4 is 15.5 Å². The second-order valence-electron chi connectivity index (χ2n) is 8.07. The van der Waals surface area contributed by atoms with Gasteiger partial charge in [0.1, 0.15) is 11.0 Å². The number of hydrogen-bond donors (Lipinski definition) is 2. The molecule has 0 aliphatic carbocycles. The minimum absolute atomic E-state index is 0.280. The van der Waals surface area contributed by atoms with Crippen LogP contribution in [0.5, 0.6) is 0 Å². The number of nitrogens with zero attached hydrogens (tertiary/aromatic N) is 5. The number of carbonyl (C=O) groups excluding carboxylic acids is 1. The predicted octanol–water partition coefficient (Wildman–Crippen LogP) is 2.65. The summed E-state index contributed by atoms with van der Waals surface area (Å²) in [5.74, 6) is -0.799. The molecule has 0 radical (unpaired) electrons. The lowest BCUT2D eigenvalue weighted by Gasteiger charge is -2.20. The highest BCUT2D eigenvalue weighted by Crippen LogP contribution is 2.32. The number of halogens is 1. The van der Waals surface area contributed by atoms with Gasteiger partial charge in [0.2, 0.25) is 0 Å². The van der Waals surface area contributed by atoms with Crippen LogP contribution in [-0.4, -0.2) is 51.6 Å². The SMILES string of the molecule is CN[C@@H]1CCN(c2ccc(C(=O)Nc3cc(F)c4nn(C)cc4c3)c3nn(C)cc23)C1. The average molecular weight is 421 g/mol. The summed E-state index contributed by atoms with van der Waals surface area (Å²) in [6, 6.07) is 7.23. The van der Waals surface area contributed by atoms with Gasteiger partial charge >= 0.3 is 0 Å². The van der Waals surface area contributed by atoms with E-state index in [4.69, 9.17) is 0 Å². The lowest BCUT2D eigenvalue weighted by Crippen LogP contribution is -2.29. The molecule has 8 nitrogen and oxygen atoms in total. The second kappa shape index (κ2) is 7.35. The van der Waals surface area contributed by atoms with Crippen molar-refractivity contribution >= 4 is 39.1 Å². The second-order valence-corrected chi connectivity index (χ2v) is 8.07. The molecular formula is C22H24FN7O. The molecule has 1 fully saturated rings. The number of hydrogen-bond acceptors (Lipinski definition) is 5. The Balaban J connectivity index is 1.49. The molecule has 1 saturated heterocycles. The molecule has 1 atom stereocenters. The van der Waals surface area contributed by atoms with Crippen molar-refractivity contribution in [3.05, 3.63) is 48.0 Å². The molecule has 0 spiro atoms. The van der Waals surface area contributed by atoms with Gasteiger partial charge in [0.15, 0.2) is 5.82 Å². The van der Waals surface area contributed by atoms with Gasteiger partial charge in [-0.25, -0.2) is 4.39 Å². The summed E-state index contributed by atoms with van der Waals surface area (Å²) >= 11 is 0. The summed E-state index contributed by atoms with van der Waals surface area (Å²) in [6.07, 6.45) is 4.73. The quantitative estimate of drug-likeness (QED) is 0.530. The molecule has 2 aromatic carbocycles. The zero-order valence-corrected chi connectivity index (χ0v) is 17.7. The van der Waals surface area contributed by atoms with Gasteiger partial charge in [-0.05, 0) is 37.7 Å². The van der Waals surface area contributed by atoms with Crippen LogP contribution in [0, 0.1) is 5.82 Å². The summed E-state index contributed by atoms with van der Waals surface area (Å²) in [5, 5.41) is 16.4. The molecule has 2 aromatic heterocycles. The third-order valence-corrected chi connectivity index (χ3v) is 5.88. The lowest BCUT2D eigenvalue weighted by molar-refractivity contribution is 0.102. The molecule has 0 unspecified atom stereocenters. The van der Waals surface area contributed by atoms with Crippen molar-refractivity contribution in [3.63, 3.8) is 0 Å². The molecule has 160 valence electrons. The van der Waals surface area contributed by atoms with Crippen LogP contribution in [-0.2, 0) is 14.1 Å². The normalized spacial score (nSPS) is 16.5. The van der Waals surface area contributed by atoms with Gasteiger partial charge in [-0.2, -0.15) is 10.2 Å². The summed E-state index contributed by atoms with van der Waals surface area (Å²) in [5.41, 5.74) is 2.82. The van der Waals surface area contributed by atoms with E-state index in [9.17, 15) is 9.18 Å². The van der Waals surface area contributed by atoms with E-state index in [0.717, 1.165) is 30.6 Å². The molecule has 1 amide bonds.